The molecule has 3 rings (SSSR count). The van der Waals surface area contributed by atoms with Gasteiger partial charge in [0, 0.05) is 17.6 Å². The third-order valence-corrected chi connectivity index (χ3v) is 8.07. The molecule has 0 radical (unpaired) electrons. The second-order valence-corrected chi connectivity index (χ2v) is 11.6. The monoisotopic (exact) mass is 571 g/mol. The van der Waals surface area contributed by atoms with Gasteiger partial charge in [-0.1, -0.05) is 48.9 Å². The van der Waals surface area contributed by atoms with E-state index in [0.29, 0.717) is 17.2 Å². The fourth-order valence-corrected chi connectivity index (χ4v) is 5.68. The Morgan fingerprint density at radius 3 is 2.23 bits per heavy atom. The zero-order chi connectivity index (χ0) is 28.6. The van der Waals surface area contributed by atoms with Crippen molar-refractivity contribution in [3.63, 3.8) is 0 Å². The first kappa shape index (κ1) is 30.0. The van der Waals surface area contributed by atoms with Crippen molar-refractivity contribution in [2.45, 2.75) is 50.7 Å². The highest BCUT2D eigenvalue weighted by Gasteiger charge is 2.33. The molecule has 0 saturated carbocycles. The van der Waals surface area contributed by atoms with Crippen LogP contribution < -0.4 is 14.4 Å². The van der Waals surface area contributed by atoms with Crippen LogP contribution in [0.1, 0.15) is 32.8 Å². The maximum absolute atomic E-state index is 14.0. The molecule has 0 aliphatic carbocycles. The molecule has 0 heterocycles. The molecular formula is C29H34ClN3O5S. The Hall–Kier alpha value is -3.56. The van der Waals surface area contributed by atoms with E-state index < -0.39 is 28.5 Å². The van der Waals surface area contributed by atoms with Gasteiger partial charge in [-0.05, 0) is 74.4 Å². The molecule has 10 heteroatoms. The molecular weight excluding hydrogens is 538 g/mol. The summed E-state index contributed by atoms with van der Waals surface area (Å²) in [7, 11) is -2.58. The highest BCUT2D eigenvalue weighted by molar-refractivity contribution is 7.92. The van der Waals surface area contributed by atoms with Crippen LogP contribution in [0.15, 0.2) is 83.8 Å². The number of amides is 2. The summed E-state index contributed by atoms with van der Waals surface area (Å²) in [5, 5.41) is 3.31. The van der Waals surface area contributed by atoms with Crippen molar-refractivity contribution >= 4 is 39.1 Å². The smallest absolute Gasteiger partial charge is 0.264 e. The maximum atomic E-state index is 14.0. The fourth-order valence-electron chi connectivity index (χ4n) is 4.12. The van der Waals surface area contributed by atoms with Crippen LogP contribution in [-0.2, 0) is 26.2 Å². The van der Waals surface area contributed by atoms with E-state index in [1.165, 1.54) is 17.0 Å². The number of halogens is 1. The number of benzene rings is 3. The van der Waals surface area contributed by atoms with E-state index in [9.17, 15) is 18.0 Å². The van der Waals surface area contributed by atoms with Crippen molar-refractivity contribution in [3.05, 3.63) is 89.4 Å². The molecule has 0 aliphatic heterocycles. The first-order chi connectivity index (χ1) is 18.6. The van der Waals surface area contributed by atoms with E-state index in [1.54, 1.807) is 67.8 Å². The topological polar surface area (TPSA) is 96.0 Å². The highest BCUT2D eigenvalue weighted by Crippen LogP contribution is 2.26. The summed E-state index contributed by atoms with van der Waals surface area (Å²) in [4.78, 5) is 28.6. The molecule has 1 N–H and O–H groups in total. The van der Waals surface area contributed by atoms with E-state index in [1.807, 2.05) is 26.8 Å². The summed E-state index contributed by atoms with van der Waals surface area (Å²) in [5.41, 5.74) is 1.01. The lowest BCUT2D eigenvalue weighted by atomic mass is 10.1. The first-order valence-corrected chi connectivity index (χ1v) is 14.4. The minimum atomic E-state index is -4.13. The lowest BCUT2D eigenvalue weighted by molar-refractivity contribution is -0.140. The van der Waals surface area contributed by atoms with Gasteiger partial charge in [-0.15, -0.1) is 0 Å². The van der Waals surface area contributed by atoms with Gasteiger partial charge in [0.25, 0.3) is 10.0 Å². The molecule has 208 valence electrons. The third kappa shape index (κ3) is 7.74. The molecule has 0 spiro atoms. The Morgan fingerprint density at radius 2 is 1.64 bits per heavy atom. The number of ether oxygens (including phenoxy) is 1. The number of sulfonamides is 1. The maximum Gasteiger partial charge on any atom is 0.264 e. The van der Waals surface area contributed by atoms with E-state index in [-0.39, 0.29) is 29.1 Å². The number of nitrogens with zero attached hydrogens (tertiary/aromatic N) is 2. The van der Waals surface area contributed by atoms with Gasteiger partial charge in [0.15, 0.2) is 0 Å². The van der Waals surface area contributed by atoms with E-state index in [4.69, 9.17) is 16.3 Å². The molecule has 0 aliphatic rings. The lowest BCUT2D eigenvalue weighted by Crippen LogP contribution is -2.53. The van der Waals surface area contributed by atoms with Crippen molar-refractivity contribution in [2.24, 2.45) is 0 Å². The highest BCUT2D eigenvalue weighted by atomic mass is 35.5. The summed E-state index contributed by atoms with van der Waals surface area (Å²) >= 11 is 6.06. The predicted octanol–water partition coefficient (Wildman–Crippen LogP) is 4.88. The van der Waals surface area contributed by atoms with Crippen LogP contribution in [0.2, 0.25) is 5.02 Å². The lowest BCUT2D eigenvalue weighted by Gasteiger charge is -2.33. The van der Waals surface area contributed by atoms with Gasteiger partial charge in [0.05, 0.1) is 17.7 Å². The molecule has 3 aromatic rings. The summed E-state index contributed by atoms with van der Waals surface area (Å²) in [6.07, 6.45) is 0.334. The molecule has 39 heavy (non-hydrogen) atoms. The number of anilines is 1. The summed E-state index contributed by atoms with van der Waals surface area (Å²) < 4.78 is 33.9. The second-order valence-electron chi connectivity index (χ2n) is 9.26. The van der Waals surface area contributed by atoms with Crippen LogP contribution in [0.4, 0.5) is 5.69 Å². The van der Waals surface area contributed by atoms with Crippen LogP contribution in [0, 0.1) is 0 Å². The Kier molecular flexibility index (Phi) is 10.4. The van der Waals surface area contributed by atoms with Gasteiger partial charge in [-0.25, -0.2) is 8.42 Å². The second kappa shape index (κ2) is 13.5. The van der Waals surface area contributed by atoms with Crippen LogP contribution in [0.3, 0.4) is 0 Å². The third-order valence-electron chi connectivity index (χ3n) is 6.03. The summed E-state index contributed by atoms with van der Waals surface area (Å²) in [6.45, 7) is 5.06. The van der Waals surface area contributed by atoms with Crippen molar-refractivity contribution < 1.29 is 22.7 Å². The standard InChI is InChI=1S/C29H34ClN3O5S/c1-5-27(29(35)31-21(2)3)32(19-22-10-9-11-25(18-22)38-4)28(34)20-33(24-16-14-23(30)15-17-24)39(36,37)26-12-7-6-8-13-26/h6-18,21,27H,5,19-20H2,1-4H3,(H,31,35)/t27-/m1/s1. The molecule has 0 saturated heterocycles. The van der Waals surface area contributed by atoms with Crippen molar-refractivity contribution in [3.8, 4) is 5.75 Å². The number of nitrogens with one attached hydrogen (secondary N) is 1. The van der Waals surface area contributed by atoms with Gasteiger partial charge in [0.1, 0.15) is 18.3 Å². The predicted molar refractivity (Wildman–Crippen MR) is 153 cm³/mol. The van der Waals surface area contributed by atoms with E-state index in [2.05, 4.69) is 5.32 Å². The van der Waals surface area contributed by atoms with Crippen molar-refractivity contribution in [2.75, 3.05) is 18.0 Å². The summed E-state index contributed by atoms with van der Waals surface area (Å²) in [6, 6.07) is 20.4. The number of rotatable bonds is 12. The van der Waals surface area contributed by atoms with Crippen LogP contribution in [-0.4, -0.2) is 50.9 Å². The average molecular weight is 572 g/mol. The SMILES string of the molecule is CC[C@H](C(=O)NC(C)C)N(Cc1cccc(OC)c1)C(=O)CN(c1ccc(Cl)cc1)S(=O)(=O)c1ccccc1. The zero-order valence-corrected chi connectivity index (χ0v) is 24.1. The number of methoxy groups -OCH3 is 1. The quantitative estimate of drug-likeness (QED) is 0.334. The zero-order valence-electron chi connectivity index (χ0n) is 22.5. The molecule has 3 aromatic carbocycles. The van der Waals surface area contributed by atoms with E-state index in [0.717, 1.165) is 9.87 Å². The largest absolute Gasteiger partial charge is 0.497 e. The van der Waals surface area contributed by atoms with Crippen molar-refractivity contribution in [1.82, 2.24) is 10.2 Å². The fraction of sp³-hybridized carbons (Fsp3) is 0.310. The number of hydrogen-bond acceptors (Lipinski definition) is 5. The molecule has 0 aromatic heterocycles. The normalized spacial score (nSPS) is 12.1. The molecule has 0 fully saturated rings. The van der Waals surface area contributed by atoms with Crippen LogP contribution in [0.25, 0.3) is 0 Å². The molecule has 2 amide bonds. The average Bonchev–Trinajstić information content (AvgIpc) is 2.92. The first-order valence-electron chi connectivity index (χ1n) is 12.6. The van der Waals surface area contributed by atoms with Gasteiger partial charge >= 0.3 is 0 Å². The molecule has 0 unspecified atom stereocenters. The van der Waals surface area contributed by atoms with Gasteiger partial charge in [-0.3, -0.25) is 13.9 Å². The Labute approximate surface area is 235 Å². The van der Waals surface area contributed by atoms with E-state index >= 15 is 0 Å². The van der Waals surface area contributed by atoms with Crippen LogP contribution >= 0.6 is 11.6 Å². The molecule has 1 atom stereocenters. The Balaban J connectivity index is 2.05. The summed E-state index contributed by atoms with van der Waals surface area (Å²) in [5.74, 6) is -0.236. The Bertz CT molecular complexity index is 1370. The van der Waals surface area contributed by atoms with Gasteiger partial charge in [-0.2, -0.15) is 0 Å². The minimum absolute atomic E-state index is 0.0386. The number of carbonyl (C=O) groups is 2. The minimum Gasteiger partial charge on any atom is -0.497 e. The van der Waals surface area contributed by atoms with Gasteiger partial charge in [0.2, 0.25) is 11.8 Å². The molecule has 0 bridgehead atoms. The van der Waals surface area contributed by atoms with Gasteiger partial charge < -0.3 is 15.0 Å². The Morgan fingerprint density at radius 1 is 0.974 bits per heavy atom. The number of hydrogen-bond donors (Lipinski definition) is 1. The van der Waals surface area contributed by atoms with Crippen LogP contribution in [0.5, 0.6) is 5.75 Å². The number of carbonyl (C=O) groups excluding carboxylic acids is 2. The van der Waals surface area contributed by atoms with Crippen molar-refractivity contribution in [1.29, 1.82) is 0 Å². The molecule has 8 nitrogen and oxygen atoms in total.